The third-order valence-electron chi connectivity index (χ3n) is 5.92. The number of ether oxygens (including phenoxy) is 1. The van der Waals surface area contributed by atoms with Gasteiger partial charge in [0.2, 0.25) is 0 Å². The quantitative estimate of drug-likeness (QED) is 0.357. The van der Waals surface area contributed by atoms with Gasteiger partial charge < -0.3 is 20.1 Å². The maximum absolute atomic E-state index is 13.4. The summed E-state index contributed by atoms with van der Waals surface area (Å²) in [5, 5.41) is 17.4. The molecule has 0 saturated carbocycles. The number of halogens is 2. The number of nitrogens with one attached hydrogen (secondary N) is 2. The van der Waals surface area contributed by atoms with E-state index in [9.17, 15) is 19.1 Å². The molecule has 1 atom stereocenters. The van der Waals surface area contributed by atoms with Crippen molar-refractivity contribution >= 4 is 23.0 Å². The topological polar surface area (TPSA) is 109 Å². The number of aliphatic hydroxyl groups excluding tert-OH is 1. The van der Waals surface area contributed by atoms with Crippen LogP contribution in [0.15, 0.2) is 47.3 Å². The van der Waals surface area contributed by atoms with Crippen molar-refractivity contribution in [3.05, 3.63) is 86.0 Å². The molecule has 0 aliphatic heterocycles. The van der Waals surface area contributed by atoms with Crippen LogP contribution >= 0.6 is 11.6 Å². The lowest BCUT2D eigenvalue weighted by Gasteiger charge is -2.18. The lowest BCUT2D eigenvalue weighted by atomic mass is 10.0. The van der Waals surface area contributed by atoms with Crippen LogP contribution in [-0.2, 0) is 0 Å². The van der Waals surface area contributed by atoms with E-state index in [-0.39, 0.29) is 24.4 Å². The van der Waals surface area contributed by atoms with Crippen LogP contribution < -0.4 is 15.6 Å². The van der Waals surface area contributed by atoms with E-state index in [2.05, 4.69) is 15.4 Å². The number of nitrogens with zero attached hydrogens (tertiary/aromatic N) is 2. The fourth-order valence-electron chi connectivity index (χ4n) is 4.15. The Morgan fingerprint density at radius 2 is 1.97 bits per heavy atom. The second-order valence-corrected chi connectivity index (χ2v) is 8.49. The number of aliphatic hydroxyl groups is 1. The molecule has 0 spiro atoms. The van der Waals surface area contributed by atoms with E-state index in [4.69, 9.17) is 16.3 Å². The smallest absolute Gasteiger partial charge is 0.275 e. The van der Waals surface area contributed by atoms with Crippen molar-refractivity contribution in [2.75, 3.05) is 13.7 Å². The molecule has 10 heteroatoms. The number of rotatable bonds is 7. The van der Waals surface area contributed by atoms with E-state index >= 15 is 0 Å². The Morgan fingerprint density at radius 3 is 2.63 bits per heavy atom. The first-order chi connectivity index (χ1) is 16.7. The average molecular weight is 499 g/mol. The van der Waals surface area contributed by atoms with Crippen LogP contribution in [0.2, 0.25) is 5.02 Å². The fourth-order valence-corrected chi connectivity index (χ4v) is 4.35. The lowest BCUT2D eigenvalue weighted by molar-refractivity contribution is 0.0929. The zero-order valence-electron chi connectivity index (χ0n) is 19.4. The zero-order valence-corrected chi connectivity index (χ0v) is 20.1. The number of hydrogen-bond donors (Lipinski definition) is 3. The van der Waals surface area contributed by atoms with Crippen LogP contribution in [0, 0.1) is 19.7 Å². The van der Waals surface area contributed by atoms with Gasteiger partial charge in [0.05, 0.1) is 29.4 Å². The molecule has 0 saturated heterocycles. The van der Waals surface area contributed by atoms with Gasteiger partial charge in [-0.15, -0.1) is 5.10 Å². The SMILES string of the molecule is COc1cc(-c2nn3c(C)c(C(=O)NC(CCO)c4ccc(F)cc4)c(C)c3c(=O)[nH]2)ccc1Cl. The van der Waals surface area contributed by atoms with Gasteiger partial charge in [-0.2, -0.15) is 0 Å². The Kier molecular flexibility index (Phi) is 6.90. The molecule has 1 unspecified atom stereocenters. The first kappa shape index (κ1) is 24.4. The molecule has 2 heterocycles. The molecule has 1 amide bonds. The monoisotopic (exact) mass is 498 g/mol. The molecular weight excluding hydrogens is 475 g/mol. The van der Waals surface area contributed by atoms with Crippen LogP contribution in [0.4, 0.5) is 4.39 Å². The van der Waals surface area contributed by atoms with E-state index < -0.39 is 23.3 Å². The Labute approximate surface area is 205 Å². The molecule has 0 aliphatic rings. The number of benzene rings is 2. The highest BCUT2D eigenvalue weighted by molar-refractivity contribution is 6.32. The van der Waals surface area contributed by atoms with Crippen molar-refractivity contribution in [3.8, 4) is 17.1 Å². The summed E-state index contributed by atoms with van der Waals surface area (Å²) in [4.78, 5) is 29.1. The van der Waals surface area contributed by atoms with Crippen molar-refractivity contribution < 1.29 is 19.0 Å². The number of aromatic amines is 1. The average Bonchev–Trinajstić information content (AvgIpc) is 3.09. The molecule has 2 aromatic carbocycles. The highest BCUT2D eigenvalue weighted by Crippen LogP contribution is 2.29. The Balaban J connectivity index is 1.75. The normalized spacial score (nSPS) is 12.1. The molecule has 35 heavy (non-hydrogen) atoms. The predicted octanol–water partition coefficient (Wildman–Crippen LogP) is 3.96. The number of hydrogen-bond acceptors (Lipinski definition) is 5. The summed E-state index contributed by atoms with van der Waals surface area (Å²) in [6.07, 6.45) is 0.240. The van der Waals surface area contributed by atoms with Crippen LogP contribution in [0.1, 0.15) is 39.6 Å². The molecule has 2 aromatic heterocycles. The predicted molar refractivity (Wildman–Crippen MR) is 131 cm³/mol. The van der Waals surface area contributed by atoms with E-state index in [1.807, 2.05) is 0 Å². The molecule has 3 N–H and O–H groups in total. The fraction of sp³-hybridized carbons (Fsp3) is 0.240. The van der Waals surface area contributed by atoms with E-state index in [1.165, 1.54) is 23.8 Å². The first-order valence-electron chi connectivity index (χ1n) is 10.9. The number of methoxy groups -OCH3 is 1. The largest absolute Gasteiger partial charge is 0.495 e. The van der Waals surface area contributed by atoms with Gasteiger partial charge in [-0.1, -0.05) is 23.7 Å². The number of amides is 1. The van der Waals surface area contributed by atoms with Crippen LogP contribution in [0.25, 0.3) is 16.9 Å². The number of fused-ring (bicyclic) bond motifs is 1. The van der Waals surface area contributed by atoms with Crippen molar-refractivity contribution in [1.29, 1.82) is 0 Å². The second kappa shape index (κ2) is 9.89. The zero-order chi connectivity index (χ0) is 25.3. The molecule has 182 valence electrons. The molecule has 0 fully saturated rings. The lowest BCUT2D eigenvalue weighted by Crippen LogP contribution is -2.30. The summed E-state index contributed by atoms with van der Waals surface area (Å²) in [6, 6.07) is 10.2. The minimum Gasteiger partial charge on any atom is -0.495 e. The van der Waals surface area contributed by atoms with Crippen molar-refractivity contribution in [3.63, 3.8) is 0 Å². The highest BCUT2D eigenvalue weighted by Gasteiger charge is 2.25. The van der Waals surface area contributed by atoms with Crippen LogP contribution in [-0.4, -0.2) is 39.3 Å². The minimum atomic E-state index is -0.543. The molecule has 4 rings (SSSR count). The summed E-state index contributed by atoms with van der Waals surface area (Å²) in [6.45, 7) is 3.21. The number of carbonyl (C=O) groups is 1. The number of H-pyrrole nitrogens is 1. The molecule has 4 aromatic rings. The molecule has 8 nitrogen and oxygen atoms in total. The minimum absolute atomic E-state index is 0.173. The van der Waals surface area contributed by atoms with E-state index in [1.54, 1.807) is 44.2 Å². The maximum Gasteiger partial charge on any atom is 0.275 e. The summed E-state index contributed by atoms with van der Waals surface area (Å²) in [7, 11) is 1.49. The Morgan fingerprint density at radius 1 is 1.26 bits per heavy atom. The van der Waals surface area contributed by atoms with Gasteiger partial charge >= 0.3 is 0 Å². The number of carbonyl (C=O) groups excluding carboxylic acids is 1. The van der Waals surface area contributed by atoms with E-state index in [0.717, 1.165) is 0 Å². The van der Waals surface area contributed by atoms with Crippen molar-refractivity contribution in [1.82, 2.24) is 19.9 Å². The van der Waals surface area contributed by atoms with Gasteiger partial charge in [-0.25, -0.2) is 8.91 Å². The summed E-state index contributed by atoms with van der Waals surface area (Å²) in [5.74, 6) is -0.106. The second-order valence-electron chi connectivity index (χ2n) is 8.09. The van der Waals surface area contributed by atoms with Gasteiger partial charge in [-0.05, 0) is 61.7 Å². The highest BCUT2D eigenvalue weighted by atomic mass is 35.5. The summed E-state index contributed by atoms with van der Waals surface area (Å²) in [5.41, 5.74) is 2.33. The third kappa shape index (κ3) is 4.65. The van der Waals surface area contributed by atoms with Gasteiger partial charge in [0.15, 0.2) is 5.82 Å². The third-order valence-corrected chi connectivity index (χ3v) is 6.23. The molecular formula is C25H24ClFN4O4. The number of aromatic nitrogens is 3. The first-order valence-corrected chi connectivity index (χ1v) is 11.3. The van der Waals surface area contributed by atoms with Crippen LogP contribution in [0.3, 0.4) is 0 Å². The van der Waals surface area contributed by atoms with Crippen molar-refractivity contribution in [2.24, 2.45) is 0 Å². The molecule has 0 aliphatic carbocycles. The standard InChI is InChI=1S/C25H24ClFN4O4/c1-13-21(24(33)28-19(10-11-32)15-4-7-17(27)8-5-15)14(2)31-22(13)25(34)29-23(30-31)16-6-9-18(26)20(12-16)35-3/h4-9,12,19,32H,10-11H2,1-3H3,(H,28,33)(H,29,30,34). The van der Waals surface area contributed by atoms with E-state index in [0.29, 0.717) is 38.7 Å². The summed E-state index contributed by atoms with van der Waals surface area (Å²) < 4.78 is 20.0. The van der Waals surface area contributed by atoms with Gasteiger partial charge in [0, 0.05) is 12.2 Å². The molecule has 0 radical (unpaired) electrons. The van der Waals surface area contributed by atoms with Gasteiger partial charge in [0.1, 0.15) is 17.1 Å². The Bertz CT molecular complexity index is 1460. The maximum atomic E-state index is 13.4. The summed E-state index contributed by atoms with van der Waals surface area (Å²) >= 11 is 6.11. The Hall–Kier alpha value is -3.69. The van der Waals surface area contributed by atoms with Crippen LogP contribution in [0.5, 0.6) is 5.75 Å². The molecule has 0 bridgehead atoms. The number of aryl methyl sites for hydroxylation is 2. The van der Waals surface area contributed by atoms with Crippen molar-refractivity contribution in [2.45, 2.75) is 26.3 Å². The van der Waals surface area contributed by atoms with Gasteiger partial charge in [0.25, 0.3) is 11.5 Å². The van der Waals surface area contributed by atoms with Gasteiger partial charge in [-0.3, -0.25) is 9.59 Å².